The molecule has 184 valence electrons. The summed E-state index contributed by atoms with van der Waals surface area (Å²) in [7, 11) is 0. The van der Waals surface area contributed by atoms with Gasteiger partial charge in [0.05, 0.1) is 6.10 Å². The van der Waals surface area contributed by atoms with Crippen molar-refractivity contribution in [3.8, 4) is 11.5 Å². The summed E-state index contributed by atoms with van der Waals surface area (Å²) in [4.78, 5) is 0. The summed E-state index contributed by atoms with van der Waals surface area (Å²) in [6.45, 7) is 2.70. The normalized spacial score (nSPS) is 28.1. The number of benzene rings is 2. The fraction of sp³-hybridized carbons (Fsp3) is 0.517. The van der Waals surface area contributed by atoms with E-state index in [-0.39, 0.29) is 6.10 Å². The number of aryl methyl sites for hydroxylation is 1. The van der Waals surface area contributed by atoms with Crippen LogP contribution < -0.4 is 14.8 Å². The summed E-state index contributed by atoms with van der Waals surface area (Å²) in [6.07, 6.45) is 9.66. The van der Waals surface area contributed by atoms with Crippen molar-refractivity contribution in [1.29, 1.82) is 0 Å². The van der Waals surface area contributed by atoms with Gasteiger partial charge in [-0.25, -0.2) is 0 Å². The standard InChI is InChI=1S/C29H36N4O2/c1-20-31-32-29(33(20)25-17-23-9-10-24(18-25)30-23)22-7-11-27(12-8-22)35-28-15-13-26(14-16-28)34-19-21-5-3-2-4-6-21/h2-6,13-16,22-25,27,30H,7-12,17-19H2,1H3. The van der Waals surface area contributed by atoms with E-state index in [2.05, 4.69) is 39.1 Å². The number of hydrogen-bond donors (Lipinski definition) is 1. The van der Waals surface area contributed by atoms with Gasteiger partial charge in [-0.3, -0.25) is 0 Å². The fourth-order valence-electron chi connectivity index (χ4n) is 6.34. The Bertz CT molecular complexity index is 1090. The van der Waals surface area contributed by atoms with Gasteiger partial charge >= 0.3 is 0 Å². The van der Waals surface area contributed by atoms with Crippen molar-refractivity contribution in [3.05, 3.63) is 71.8 Å². The summed E-state index contributed by atoms with van der Waals surface area (Å²) in [6, 6.07) is 20.2. The lowest BCUT2D eigenvalue weighted by atomic mass is 9.86. The van der Waals surface area contributed by atoms with E-state index < -0.39 is 0 Å². The highest BCUT2D eigenvalue weighted by Gasteiger charge is 2.37. The molecule has 6 heteroatoms. The number of rotatable bonds is 7. The zero-order valence-electron chi connectivity index (χ0n) is 20.6. The first-order valence-corrected chi connectivity index (χ1v) is 13.3. The van der Waals surface area contributed by atoms with Gasteiger partial charge in [-0.05, 0) is 88.1 Å². The Kier molecular flexibility index (Phi) is 6.47. The molecule has 2 saturated heterocycles. The Morgan fingerprint density at radius 2 is 1.51 bits per heavy atom. The highest BCUT2D eigenvalue weighted by atomic mass is 16.5. The molecule has 1 aliphatic carbocycles. The maximum absolute atomic E-state index is 6.34. The number of nitrogens with zero attached hydrogens (tertiary/aromatic N) is 3. The Hall–Kier alpha value is -2.86. The molecule has 3 aromatic rings. The number of aromatic nitrogens is 3. The number of fused-ring (bicyclic) bond motifs is 2. The van der Waals surface area contributed by atoms with Gasteiger partial charge < -0.3 is 19.4 Å². The first-order chi connectivity index (χ1) is 17.2. The van der Waals surface area contributed by atoms with E-state index in [1.807, 2.05) is 42.5 Å². The molecule has 1 saturated carbocycles. The first kappa shape index (κ1) is 22.6. The van der Waals surface area contributed by atoms with Gasteiger partial charge in [0, 0.05) is 24.0 Å². The summed E-state index contributed by atoms with van der Waals surface area (Å²) in [5.74, 6) is 4.57. The van der Waals surface area contributed by atoms with E-state index in [4.69, 9.17) is 9.47 Å². The molecule has 35 heavy (non-hydrogen) atoms. The van der Waals surface area contributed by atoms with Crippen LogP contribution in [0.15, 0.2) is 54.6 Å². The van der Waals surface area contributed by atoms with Crippen LogP contribution in [0, 0.1) is 6.92 Å². The van der Waals surface area contributed by atoms with Gasteiger partial charge in [0.15, 0.2) is 0 Å². The lowest BCUT2D eigenvalue weighted by Crippen LogP contribution is -2.39. The zero-order valence-corrected chi connectivity index (χ0v) is 20.6. The largest absolute Gasteiger partial charge is 0.490 e. The smallest absolute Gasteiger partial charge is 0.136 e. The lowest BCUT2D eigenvalue weighted by Gasteiger charge is -2.34. The Morgan fingerprint density at radius 3 is 2.23 bits per heavy atom. The Labute approximate surface area is 208 Å². The monoisotopic (exact) mass is 472 g/mol. The predicted molar refractivity (Wildman–Crippen MR) is 136 cm³/mol. The molecule has 2 unspecified atom stereocenters. The minimum absolute atomic E-state index is 0.259. The van der Waals surface area contributed by atoms with Gasteiger partial charge in [-0.2, -0.15) is 0 Å². The summed E-state index contributed by atoms with van der Waals surface area (Å²) >= 11 is 0. The molecule has 3 aliphatic rings. The second-order valence-electron chi connectivity index (χ2n) is 10.6. The minimum Gasteiger partial charge on any atom is -0.490 e. The van der Waals surface area contributed by atoms with E-state index in [1.54, 1.807) is 0 Å². The van der Waals surface area contributed by atoms with Gasteiger partial charge in [0.1, 0.15) is 29.8 Å². The van der Waals surface area contributed by atoms with E-state index >= 15 is 0 Å². The Morgan fingerprint density at radius 1 is 0.829 bits per heavy atom. The van der Waals surface area contributed by atoms with Crippen molar-refractivity contribution in [2.24, 2.45) is 0 Å². The van der Waals surface area contributed by atoms with Crippen molar-refractivity contribution in [2.75, 3.05) is 0 Å². The van der Waals surface area contributed by atoms with E-state index in [9.17, 15) is 0 Å². The molecule has 3 heterocycles. The third-order valence-corrected chi connectivity index (χ3v) is 8.12. The van der Waals surface area contributed by atoms with Gasteiger partial charge in [-0.15, -0.1) is 10.2 Å². The van der Waals surface area contributed by atoms with Crippen molar-refractivity contribution >= 4 is 0 Å². The quantitative estimate of drug-likeness (QED) is 0.476. The average Bonchev–Trinajstić information content (AvgIpc) is 3.45. The van der Waals surface area contributed by atoms with E-state index in [1.165, 1.54) is 37.1 Å². The second-order valence-corrected chi connectivity index (χ2v) is 10.6. The van der Waals surface area contributed by atoms with Gasteiger partial charge in [0.25, 0.3) is 0 Å². The third-order valence-electron chi connectivity index (χ3n) is 8.12. The third kappa shape index (κ3) is 5.08. The lowest BCUT2D eigenvalue weighted by molar-refractivity contribution is 0.143. The average molecular weight is 473 g/mol. The molecule has 3 fully saturated rings. The molecule has 1 N–H and O–H groups in total. The molecule has 0 amide bonds. The number of nitrogens with one attached hydrogen (secondary N) is 1. The molecular weight excluding hydrogens is 436 g/mol. The van der Waals surface area contributed by atoms with Crippen LogP contribution in [0.4, 0.5) is 0 Å². The van der Waals surface area contributed by atoms with Gasteiger partial charge in [-0.1, -0.05) is 30.3 Å². The highest BCUT2D eigenvalue weighted by molar-refractivity contribution is 5.31. The zero-order chi connectivity index (χ0) is 23.6. The van der Waals surface area contributed by atoms with Crippen LogP contribution in [0.25, 0.3) is 0 Å². The predicted octanol–water partition coefficient (Wildman–Crippen LogP) is 5.73. The summed E-state index contributed by atoms with van der Waals surface area (Å²) in [5, 5.41) is 13.0. The van der Waals surface area contributed by atoms with Crippen LogP contribution in [0.5, 0.6) is 11.5 Å². The SMILES string of the molecule is Cc1nnc(C2CCC(Oc3ccc(OCc4ccccc4)cc3)CC2)n1C1CC2CCC(C1)N2. The van der Waals surface area contributed by atoms with Crippen LogP contribution in [-0.4, -0.2) is 33.0 Å². The van der Waals surface area contributed by atoms with Crippen molar-refractivity contribution < 1.29 is 9.47 Å². The minimum atomic E-state index is 0.259. The van der Waals surface area contributed by atoms with Crippen molar-refractivity contribution in [1.82, 2.24) is 20.1 Å². The van der Waals surface area contributed by atoms with Crippen LogP contribution in [0.1, 0.15) is 80.5 Å². The maximum Gasteiger partial charge on any atom is 0.136 e. The molecule has 2 aliphatic heterocycles. The molecule has 0 spiro atoms. The summed E-state index contributed by atoms with van der Waals surface area (Å²) < 4.78 is 14.7. The van der Waals surface area contributed by atoms with Crippen LogP contribution in [0.2, 0.25) is 0 Å². The van der Waals surface area contributed by atoms with Crippen LogP contribution >= 0.6 is 0 Å². The molecule has 1 aromatic heterocycles. The fourth-order valence-corrected chi connectivity index (χ4v) is 6.34. The first-order valence-electron chi connectivity index (χ1n) is 13.3. The van der Waals surface area contributed by atoms with E-state index in [0.717, 1.165) is 43.0 Å². The topological polar surface area (TPSA) is 61.2 Å². The van der Waals surface area contributed by atoms with Crippen molar-refractivity contribution in [3.63, 3.8) is 0 Å². The molecule has 2 atom stereocenters. The van der Waals surface area contributed by atoms with Crippen LogP contribution in [0.3, 0.4) is 0 Å². The number of ether oxygens (including phenoxy) is 2. The Balaban J connectivity index is 1.03. The van der Waals surface area contributed by atoms with Crippen LogP contribution in [-0.2, 0) is 6.61 Å². The molecule has 0 radical (unpaired) electrons. The molecule has 2 bridgehead atoms. The second kappa shape index (κ2) is 10.0. The number of hydrogen-bond acceptors (Lipinski definition) is 5. The van der Waals surface area contributed by atoms with E-state index in [0.29, 0.717) is 30.7 Å². The van der Waals surface area contributed by atoms with Gasteiger partial charge in [0.2, 0.25) is 0 Å². The molecule has 6 nitrogen and oxygen atoms in total. The molecule has 2 aromatic carbocycles. The van der Waals surface area contributed by atoms with Crippen molar-refractivity contribution in [2.45, 2.75) is 95.0 Å². The maximum atomic E-state index is 6.34. The molecular formula is C29H36N4O2. The summed E-state index contributed by atoms with van der Waals surface area (Å²) in [5.41, 5.74) is 1.17. The molecule has 6 rings (SSSR count). The highest BCUT2D eigenvalue weighted by Crippen LogP contribution is 2.39. The number of piperidine rings is 1.